The molecule has 0 saturated carbocycles. The van der Waals surface area contributed by atoms with Crippen LogP contribution < -0.4 is 5.32 Å². The molecule has 0 amide bonds. The Morgan fingerprint density at radius 3 is 2.89 bits per heavy atom. The number of rotatable bonds is 2. The molecule has 0 radical (unpaired) electrons. The second-order valence-corrected chi connectivity index (χ2v) is 5.62. The Balaban J connectivity index is 1.94. The number of hydrogen-bond donors (Lipinski definition) is 1. The van der Waals surface area contributed by atoms with Crippen molar-refractivity contribution in [2.45, 2.75) is 36.8 Å². The summed E-state index contributed by atoms with van der Waals surface area (Å²) in [7, 11) is 0. The van der Waals surface area contributed by atoms with E-state index in [1.807, 2.05) is 0 Å². The van der Waals surface area contributed by atoms with Gasteiger partial charge in [0.2, 0.25) is 0 Å². The Kier molecular flexibility index (Phi) is 3.82. The molecule has 4 nitrogen and oxygen atoms in total. The van der Waals surface area contributed by atoms with E-state index >= 15 is 0 Å². The molecule has 0 unspecified atom stereocenters. The van der Waals surface area contributed by atoms with Crippen LogP contribution in [0.3, 0.4) is 0 Å². The minimum absolute atomic E-state index is 0.491. The van der Waals surface area contributed by atoms with Crippen LogP contribution in [0.4, 0.5) is 0 Å². The average molecular weight is 265 g/mol. The van der Waals surface area contributed by atoms with Gasteiger partial charge in [0, 0.05) is 44.2 Å². The molecule has 3 heterocycles. The van der Waals surface area contributed by atoms with E-state index in [2.05, 4.69) is 11.6 Å². The molecule has 0 aliphatic carbocycles. The summed E-state index contributed by atoms with van der Waals surface area (Å²) < 4.78 is 5.42. The van der Waals surface area contributed by atoms with Gasteiger partial charge in [-0.25, -0.2) is 9.97 Å². The molecule has 2 aliphatic rings. The van der Waals surface area contributed by atoms with Gasteiger partial charge in [0.25, 0.3) is 0 Å². The minimum atomic E-state index is 0.491. The maximum Gasteiger partial charge on any atom is 0.133 e. The molecular formula is C13H19N3OS. The summed E-state index contributed by atoms with van der Waals surface area (Å²) in [5.41, 5.74) is 2.57. The number of fused-ring (bicyclic) bond motifs is 1. The van der Waals surface area contributed by atoms with Crippen LogP contribution in [0.25, 0.3) is 0 Å². The van der Waals surface area contributed by atoms with E-state index in [1.165, 1.54) is 11.3 Å². The van der Waals surface area contributed by atoms with Crippen LogP contribution in [0.1, 0.15) is 35.8 Å². The average Bonchev–Trinajstić information content (AvgIpc) is 2.47. The molecule has 1 fully saturated rings. The Labute approximate surface area is 112 Å². The Morgan fingerprint density at radius 2 is 2.11 bits per heavy atom. The van der Waals surface area contributed by atoms with Crippen molar-refractivity contribution in [3.63, 3.8) is 0 Å². The second-order valence-electron chi connectivity index (χ2n) is 4.83. The summed E-state index contributed by atoms with van der Waals surface area (Å²) in [5.74, 6) is 1.54. The van der Waals surface area contributed by atoms with Gasteiger partial charge in [0.15, 0.2) is 0 Å². The smallest absolute Gasteiger partial charge is 0.133 e. The van der Waals surface area contributed by atoms with Gasteiger partial charge in [-0.1, -0.05) is 0 Å². The van der Waals surface area contributed by atoms with E-state index in [1.54, 1.807) is 11.8 Å². The Hall–Kier alpha value is -0.650. The third kappa shape index (κ3) is 2.39. The van der Waals surface area contributed by atoms with Crippen molar-refractivity contribution in [1.82, 2.24) is 15.3 Å². The van der Waals surface area contributed by atoms with Crippen LogP contribution in [0, 0.1) is 0 Å². The molecule has 0 aromatic carbocycles. The highest BCUT2D eigenvalue weighted by Gasteiger charge is 2.23. The molecule has 1 aromatic rings. The molecular weight excluding hydrogens is 246 g/mol. The molecule has 18 heavy (non-hydrogen) atoms. The monoisotopic (exact) mass is 265 g/mol. The summed E-state index contributed by atoms with van der Waals surface area (Å²) in [5, 5.41) is 4.56. The fraction of sp³-hybridized carbons (Fsp3) is 0.692. The first-order valence-corrected chi connectivity index (χ1v) is 7.83. The maximum absolute atomic E-state index is 5.42. The normalized spacial score (nSPS) is 20.7. The van der Waals surface area contributed by atoms with Crippen molar-refractivity contribution < 1.29 is 4.74 Å². The maximum atomic E-state index is 5.42. The molecule has 5 heteroatoms. The minimum Gasteiger partial charge on any atom is -0.381 e. The third-order valence-corrected chi connectivity index (χ3v) is 4.42. The highest BCUT2D eigenvalue weighted by molar-refractivity contribution is 7.98. The van der Waals surface area contributed by atoms with E-state index in [9.17, 15) is 0 Å². The summed E-state index contributed by atoms with van der Waals surface area (Å²) in [6.07, 6.45) is 5.25. The number of nitrogens with zero attached hydrogens (tertiary/aromatic N) is 2. The van der Waals surface area contributed by atoms with Crippen LogP contribution in [0.5, 0.6) is 0 Å². The molecule has 3 rings (SSSR count). The molecule has 1 saturated heterocycles. The van der Waals surface area contributed by atoms with Crippen LogP contribution in [-0.2, 0) is 17.7 Å². The SMILES string of the molecule is CSc1nc(C2CCOCC2)nc2c1CNCC2. The Morgan fingerprint density at radius 1 is 1.28 bits per heavy atom. The largest absolute Gasteiger partial charge is 0.381 e. The highest BCUT2D eigenvalue weighted by atomic mass is 32.2. The number of aromatic nitrogens is 2. The van der Waals surface area contributed by atoms with Gasteiger partial charge < -0.3 is 10.1 Å². The summed E-state index contributed by atoms with van der Waals surface area (Å²) >= 11 is 1.74. The molecule has 1 aromatic heterocycles. The van der Waals surface area contributed by atoms with Gasteiger partial charge in [0.1, 0.15) is 10.9 Å². The van der Waals surface area contributed by atoms with Crippen LogP contribution in [0.2, 0.25) is 0 Å². The number of nitrogens with one attached hydrogen (secondary N) is 1. The first kappa shape index (κ1) is 12.4. The Bertz CT molecular complexity index is 415. The molecule has 2 aliphatic heterocycles. The van der Waals surface area contributed by atoms with Gasteiger partial charge in [-0.15, -0.1) is 11.8 Å². The van der Waals surface area contributed by atoms with Gasteiger partial charge >= 0.3 is 0 Å². The number of thioether (sulfide) groups is 1. The van der Waals surface area contributed by atoms with E-state index < -0.39 is 0 Å². The predicted octanol–water partition coefficient (Wildman–Crippen LogP) is 1.74. The van der Waals surface area contributed by atoms with Gasteiger partial charge in [-0.05, 0) is 19.1 Å². The lowest BCUT2D eigenvalue weighted by atomic mass is 9.98. The van der Waals surface area contributed by atoms with Crippen molar-refractivity contribution >= 4 is 11.8 Å². The topological polar surface area (TPSA) is 47.0 Å². The zero-order valence-electron chi connectivity index (χ0n) is 10.7. The van der Waals surface area contributed by atoms with Crippen molar-refractivity contribution in [2.75, 3.05) is 26.0 Å². The first-order valence-electron chi connectivity index (χ1n) is 6.60. The summed E-state index contributed by atoms with van der Waals surface area (Å²) in [6.45, 7) is 3.65. The van der Waals surface area contributed by atoms with E-state index in [0.717, 1.165) is 56.4 Å². The van der Waals surface area contributed by atoms with E-state index in [4.69, 9.17) is 14.7 Å². The number of ether oxygens (including phenoxy) is 1. The van der Waals surface area contributed by atoms with Gasteiger partial charge in [-0.3, -0.25) is 0 Å². The lowest BCUT2D eigenvalue weighted by Crippen LogP contribution is -2.27. The van der Waals surface area contributed by atoms with Crippen molar-refractivity contribution in [1.29, 1.82) is 0 Å². The van der Waals surface area contributed by atoms with Crippen molar-refractivity contribution in [3.05, 3.63) is 17.1 Å². The molecule has 0 bridgehead atoms. The lowest BCUT2D eigenvalue weighted by molar-refractivity contribution is 0.0833. The number of hydrogen-bond acceptors (Lipinski definition) is 5. The fourth-order valence-corrected chi connectivity index (χ4v) is 3.26. The van der Waals surface area contributed by atoms with Gasteiger partial charge in [0.05, 0.1) is 5.69 Å². The van der Waals surface area contributed by atoms with Gasteiger partial charge in [-0.2, -0.15) is 0 Å². The first-order chi connectivity index (χ1) is 8.88. The third-order valence-electron chi connectivity index (χ3n) is 3.69. The van der Waals surface area contributed by atoms with Crippen LogP contribution in [0.15, 0.2) is 5.03 Å². The highest BCUT2D eigenvalue weighted by Crippen LogP contribution is 2.29. The van der Waals surface area contributed by atoms with E-state index in [-0.39, 0.29) is 0 Å². The quantitative estimate of drug-likeness (QED) is 0.652. The summed E-state index contributed by atoms with van der Waals surface area (Å²) in [6, 6.07) is 0. The second kappa shape index (κ2) is 5.55. The molecule has 98 valence electrons. The molecule has 0 atom stereocenters. The van der Waals surface area contributed by atoms with Crippen molar-refractivity contribution in [3.8, 4) is 0 Å². The summed E-state index contributed by atoms with van der Waals surface area (Å²) in [4.78, 5) is 9.61. The van der Waals surface area contributed by atoms with Crippen molar-refractivity contribution in [2.24, 2.45) is 0 Å². The van der Waals surface area contributed by atoms with Crippen LogP contribution >= 0.6 is 11.8 Å². The zero-order chi connectivity index (χ0) is 12.4. The molecule has 0 spiro atoms. The fourth-order valence-electron chi connectivity index (χ4n) is 2.64. The zero-order valence-corrected chi connectivity index (χ0v) is 11.6. The standard InChI is InChI=1S/C13H19N3OS/c1-18-13-10-8-14-5-2-11(10)15-12(16-13)9-3-6-17-7-4-9/h9,14H,2-8H2,1H3. The predicted molar refractivity (Wildman–Crippen MR) is 72.0 cm³/mol. The van der Waals surface area contributed by atoms with E-state index in [0.29, 0.717) is 5.92 Å². The lowest BCUT2D eigenvalue weighted by Gasteiger charge is -2.24. The molecule has 1 N–H and O–H groups in total. The van der Waals surface area contributed by atoms with Crippen LogP contribution in [-0.4, -0.2) is 36.0 Å².